The standard InChI is InChI=1S/C7H10N2O2/c1-8-5-3-4-6(10)9-7(5)11-2/h3-4,8H,1-2H3,(H,9,10). The predicted molar refractivity (Wildman–Crippen MR) is 43.2 cm³/mol. The molecule has 1 aromatic rings. The fourth-order valence-corrected chi connectivity index (χ4v) is 0.813. The van der Waals surface area contributed by atoms with Crippen LogP contribution in [0.4, 0.5) is 5.69 Å². The molecule has 0 saturated heterocycles. The van der Waals surface area contributed by atoms with E-state index < -0.39 is 0 Å². The van der Waals surface area contributed by atoms with Crippen LogP contribution in [0.3, 0.4) is 0 Å². The Labute approximate surface area is 64.2 Å². The van der Waals surface area contributed by atoms with Gasteiger partial charge in [0.1, 0.15) is 0 Å². The second kappa shape index (κ2) is 3.09. The van der Waals surface area contributed by atoms with Crippen molar-refractivity contribution in [1.82, 2.24) is 4.98 Å². The van der Waals surface area contributed by atoms with Crippen LogP contribution in [0.5, 0.6) is 5.88 Å². The van der Waals surface area contributed by atoms with Gasteiger partial charge in [-0.3, -0.25) is 9.78 Å². The van der Waals surface area contributed by atoms with Gasteiger partial charge in [0, 0.05) is 13.1 Å². The van der Waals surface area contributed by atoms with Crippen LogP contribution in [0.2, 0.25) is 0 Å². The van der Waals surface area contributed by atoms with E-state index in [0.717, 1.165) is 5.69 Å². The molecule has 1 heterocycles. The lowest BCUT2D eigenvalue weighted by Gasteiger charge is -2.04. The first-order valence-electron chi connectivity index (χ1n) is 3.23. The van der Waals surface area contributed by atoms with Crippen molar-refractivity contribution in [2.45, 2.75) is 0 Å². The molecule has 1 aromatic heterocycles. The van der Waals surface area contributed by atoms with Crippen LogP contribution >= 0.6 is 0 Å². The zero-order chi connectivity index (χ0) is 8.27. The Morgan fingerprint density at radius 2 is 2.27 bits per heavy atom. The summed E-state index contributed by atoms with van der Waals surface area (Å²) in [5.41, 5.74) is 0.605. The maximum absolute atomic E-state index is 10.8. The number of nitrogens with one attached hydrogen (secondary N) is 2. The first kappa shape index (κ1) is 7.65. The summed E-state index contributed by atoms with van der Waals surface area (Å²) in [6, 6.07) is 3.10. The van der Waals surface area contributed by atoms with Crippen LogP contribution in [-0.4, -0.2) is 19.1 Å². The smallest absolute Gasteiger partial charge is 0.250 e. The molecule has 0 unspecified atom stereocenters. The Bertz CT molecular complexity index is 293. The van der Waals surface area contributed by atoms with Crippen molar-refractivity contribution in [3.8, 4) is 5.88 Å². The van der Waals surface area contributed by atoms with E-state index >= 15 is 0 Å². The van der Waals surface area contributed by atoms with E-state index in [4.69, 9.17) is 4.74 Å². The second-order valence-corrected chi connectivity index (χ2v) is 2.02. The molecule has 0 radical (unpaired) electrons. The second-order valence-electron chi connectivity index (χ2n) is 2.02. The minimum Gasteiger partial charge on any atom is -0.481 e. The summed E-state index contributed by atoms with van der Waals surface area (Å²) in [5.74, 6) is 0.458. The molecule has 2 N–H and O–H groups in total. The van der Waals surface area contributed by atoms with E-state index in [9.17, 15) is 4.79 Å². The van der Waals surface area contributed by atoms with Crippen molar-refractivity contribution in [1.29, 1.82) is 0 Å². The first-order valence-corrected chi connectivity index (χ1v) is 3.23. The molecule has 0 aliphatic rings. The van der Waals surface area contributed by atoms with E-state index in [1.165, 1.54) is 13.2 Å². The summed E-state index contributed by atoms with van der Waals surface area (Å²) >= 11 is 0. The Morgan fingerprint density at radius 1 is 1.55 bits per heavy atom. The lowest BCUT2D eigenvalue weighted by molar-refractivity contribution is 0.398. The van der Waals surface area contributed by atoms with Crippen molar-refractivity contribution in [2.24, 2.45) is 0 Å². The highest BCUT2D eigenvalue weighted by Crippen LogP contribution is 2.16. The van der Waals surface area contributed by atoms with E-state index in [1.54, 1.807) is 13.1 Å². The summed E-state index contributed by atoms with van der Waals surface area (Å²) in [7, 11) is 3.27. The van der Waals surface area contributed by atoms with Gasteiger partial charge < -0.3 is 10.1 Å². The molecule has 0 aliphatic heterocycles. The summed E-state index contributed by atoms with van der Waals surface area (Å²) in [6.07, 6.45) is 0. The lowest BCUT2D eigenvalue weighted by Crippen LogP contribution is -2.07. The van der Waals surface area contributed by atoms with Crippen LogP contribution in [0.25, 0.3) is 0 Å². The monoisotopic (exact) mass is 154 g/mol. The number of hydrogen-bond acceptors (Lipinski definition) is 3. The Kier molecular flexibility index (Phi) is 2.15. The summed E-state index contributed by atoms with van der Waals surface area (Å²) in [4.78, 5) is 13.3. The Morgan fingerprint density at radius 3 is 2.82 bits per heavy atom. The average molecular weight is 154 g/mol. The topological polar surface area (TPSA) is 54.1 Å². The molecule has 11 heavy (non-hydrogen) atoms. The number of aromatic nitrogens is 1. The van der Waals surface area contributed by atoms with E-state index in [0.29, 0.717) is 5.88 Å². The van der Waals surface area contributed by atoms with Crippen LogP contribution < -0.4 is 15.6 Å². The number of methoxy groups -OCH3 is 1. The highest BCUT2D eigenvalue weighted by molar-refractivity contribution is 5.51. The van der Waals surface area contributed by atoms with Gasteiger partial charge >= 0.3 is 0 Å². The molecule has 0 atom stereocenters. The maximum Gasteiger partial charge on any atom is 0.250 e. The number of rotatable bonds is 2. The highest BCUT2D eigenvalue weighted by Gasteiger charge is 1.98. The molecule has 0 amide bonds. The molecule has 0 spiro atoms. The number of pyridine rings is 1. The molecule has 0 fully saturated rings. The zero-order valence-electron chi connectivity index (χ0n) is 6.47. The van der Waals surface area contributed by atoms with Gasteiger partial charge in [-0.15, -0.1) is 0 Å². The van der Waals surface area contributed by atoms with E-state index in [1.807, 2.05) is 0 Å². The van der Waals surface area contributed by atoms with Gasteiger partial charge in [-0.25, -0.2) is 0 Å². The largest absolute Gasteiger partial charge is 0.481 e. The summed E-state index contributed by atoms with van der Waals surface area (Å²) in [5, 5.41) is 2.88. The Hall–Kier alpha value is -1.45. The SMILES string of the molecule is CNc1ccc(=O)[nH]c1OC. The van der Waals surface area contributed by atoms with Crippen molar-refractivity contribution in [3.05, 3.63) is 22.5 Å². The normalized spacial score (nSPS) is 9.27. The number of ether oxygens (including phenoxy) is 1. The molecule has 0 aromatic carbocycles. The molecular weight excluding hydrogens is 144 g/mol. The van der Waals surface area contributed by atoms with E-state index in [2.05, 4.69) is 10.3 Å². The first-order chi connectivity index (χ1) is 5.27. The maximum atomic E-state index is 10.8. The van der Waals surface area contributed by atoms with Crippen LogP contribution in [0.1, 0.15) is 0 Å². The molecule has 60 valence electrons. The van der Waals surface area contributed by atoms with Gasteiger partial charge in [0.05, 0.1) is 12.8 Å². The fourth-order valence-electron chi connectivity index (χ4n) is 0.813. The third-order valence-corrected chi connectivity index (χ3v) is 1.36. The van der Waals surface area contributed by atoms with Crippen molar-refractivity contribution in [2.75, 3.05) is 19.5 Å². The molecule has 1 rings (SSSR count). The number of aromatic amines is 1. The van der Waals surface area contributed by atoms with Crippen molar-refractivity contribution >= 4 is 5.69 Å². The third-order valence-electron chi connectivity index (χ3n) is 1.36. The minimum absolute atomic E-state index is 0.166. The third kappa shape index (κ3) is 1.52. The lowest BCUT2D eigenvalue weighted by atomic mass is 10.4. The Balaban J connectivity index is 3.16. The molecular formula is C7H10N2O2. The number of hydrogen-bond donors (Lipinski definition) is 2. The van der Waals surface area contributed by atoms with E-state index in [-0.39, 0.29) is 5.56 Å². The van der Waals surface area contributed by atoms with Crippen LogP contribution in [0, 0.1) is 0 Å². The zero-order valence-corrected chi connectivity index (χ0v) is 6.47. The molecule has 0 saturated carbocycles. The van der Waals surface area contributed by atoms with Crippen LogP contribution in [0.15, 0.2) is 16.9 Å². The van der Waals surface area contributed by atoms with Gasteiger partial charge in [0.15, 0.2) is 0 Å². The molecule has 0 bridgehead atoms. The quantitative estimate of drug-likeness (QED) is 0.649. The van der Waals surface area contributed by atoms with Crippen molar-refractivity contribution < 1.29 is 4.74 Å². The predicted octanol–water partition coefficient (Wildman–Crippen LogP) is 0.425. The number of H-pyrrole nitrogens is 1. The average Bonchev–Trinajstić information content (AvgIpc) is 2.04. The van der Waals surface area contributed by atoms with Crippen molar-refractivity contribution in [3.63, 3.8) is 0 Å². The molecule has 0 aliphatic carbocycles. The highest BCUT2D eigenvalue weighted by atomic mass is 16.5. The van der Waals surface area contributed by atoms with Gasteiger partial charge in [0.25, 0.3) is 5.56 Å². The van der Waals surface area contributed by atoms with Gasteiger partial charge in [-0.2, -0.15) is 0 Å². The fraction of sp³-hybridized carbons (Fsp3) is 0.286. The summed E-state index contributed by atoms with van der Waals surface area (Å²) in [6.45, 7) is 0. The van der Waals surface area contributed by atoms with Gasteiger partial charge in [0.2, 0.25) is 5.88 Å². The molecule has 4 heteroatoms. The molecule has 4 nitrogen and oxygen atoms in total. The van der Waals surface area contributed by atoms with Crippen LogP contribution in [-0.2, 0) is 0 Å². The van der Waals surface area contributed by atoms with Gasteiger partial charge in [-0.05, 0) is 6.07 Å². The number of anilines is 1. The minimum atomic E-state index is -0.166. The van der Waals surface area contributed by atoms with Gasteiger partial charge in [-0.1, -0.05) is 0 Å². The summed E-state index contributed by atoms with van der Waals surface area (Å²) < 4.78 is 4.90.